The molecule has 1 heterocycles. The van der Waals surface area contributed by atoms with E-state index < -0.39 is 0 Å². The van der Waals surface area contributed by atoms with E-state index in [1.165, 1.54) is 12.8 Å². The molecule has 1 amide bonds. The summed E-state index contributed by atoms with van der Waals surface area (Å²) < 4.78 is 0. The van der Waals surface area contributed by atoms with Crippen molar-refractivity contribution in [3.8, 4) is 0 Å². The van der Waals surface area contributed by atoms with Crippen molar-refractivity contribution in [2.45, 2.75) is 40.0 Å². The number of carbonyl (C=O) groups excluding carboxylic acids is 1. The van der Waals surface area contributed by atoms with Crippen LogP contribution in [-0.4, -0.2) is 37.5 Å². The van der Waals surface area contributed by atoms with Crippen molar-refractivity contribution >= 4 is 18.3 Å². The summed E-state index contributed by atoms with van der Waals surface area (Å²) in [5.41, 5.74) is 0. The topological polar surface area (TPSA) is 32.3 Å². The molecule has 0 saturated carbocycles. The van der Waals surface area contributed by atoms with Crippen LogP contribution in [0.2, 0.25) is 0 Å². The Morgan fingerprint density at radius 3 is 2.56 bits per heavy atom. The lowest BCUT2D eigenvalue weighted by atomic mass is 9.85. The van der Waals surface area contributed by atoms with Crippen LogP contribution >= 0.6 is 12.4 Å². The van der Waals surface area contributed by atoms with Crippen LogP contribution in [0.4, 0.5) is 0 Å². The predicted octanol–water partition coefficient (Wildman–Crippen LogP) is 2.55. The molecule has 1 rings (SSSR count). The number of halogens is 1. The van der Waals surface area contributed by atoms with E-state index in [4.69, 9.17) is 0 Å². The third-order valence-electron chi connectivity index (χ3n) is 3.70. The Bertz CT molecular complexity index is 240. The molecule has 1 aliphatic rings. The van der Waals surface area contributed by atoms with Gasteiger partial charge in [0.05, 0.1) is 0 Å². The van der Waals surface area contributed by atoms with Crippen LogP contribution in [0.5, 0.6) is 0 Å². The second-order valence-corrected chi connectivity index (χ2v) is 5.96. The third kappa shape index (κ3) is 6.05. The van der Waals surface area contributed by atoms with Crippen LogP contribution in [0.15, 0.2) is 0 Å². The molecule has 18 heavy (non-hydrogen) atoms. The summed E-state index contributed by atoms with van der Waals surface area (Å²) in [5.74, 6) is 2.04. The maximum Gasteiger partial charge on any atom is 0.222 e. The van der Waals surface area contributed by atoms with Crippen LogP contribution < -0.4 is 5.32 Å². The Morgan fingerprint density at radius 2 is 2.06 bits per heavy atom. The lowest BCUT2D eigenvalue weighted by Gasteiger charge is -2.29. The molecular weight excluding hydrogens is 248 g/mol. The monoisotopic (exact) mass is 276 g/mol. The van der Waals surface area contributed by atoms with Crippen molar-refractivity contribution in [2.24, 2.45) is 17.8 Å². The quantitative estimate of drug-likeness (QED) is 0.837. The Morgan fingerprint density at radius 1 is 1.39 bits per heavy atom. The SMILES string of the molecule is CC(C)CN(C)C(=O)CC(C)C1CCCNC1.Cl. The molecule has 1 aliphatic heterocycles. The summed E-state index contributed by atoms with van der Waals surface area (Å²) in [4.78, 5) is 13.9. The summed E-state index contributed by atoms with van der Waals surface area (Å²) >= 11 is 0. The minimum Gasteiger partial charge on any atom is -0.345 e. The van der Waals surface area contributed by atoms with Crippen LogP contribution in [-0.2, 0) is 4.79 Å². The minimum absolute atomic E-state index is 0. The predicted molar refractivity (Wildman–Crippen MR) is 79.1 cm³/mol. The fourth-order valence-electron chi connectivity index (χ4n) is 2.61. The first kappa shape index (κ1) is 17.7. The molecule has 0 bridgehead atoms. The summed E-state index contributed by atoms with van der Waals surface area (Å²) in [6.07, 6.45) is 3.23. The van der Waals surface area contributed by atoms with Gasteiger partial charge in [0, 0.05) is 20.0 Å². The van der Waals surface area contributed by atoms with Crippen molar-refractivity contribution in [1.82, 2.24) is 10.2 Å². The van der Waals surface area contributed by atoms with Gasteiger partial charge in [-0.1, -0.05) is 20.8 Å². The van der Waals surface area contributed by atoms with Crippen molar-refractivity contribution in [3.63, 3.8) is 0 Å². The van der Waals surface area contributed by atoms with Gasteiger partial charge < -0.3 is 10.2 Å². The molecule has 0 aliphatic carbocycles. The number of carbonyl (C=O) groups is 1. The van der Waals surface area contributed by atoms with E-state index in [1.54, 1.807) is 0 Å². The first-order valence-electron chi connectivity index (χ1n) is 6.95. The average molecular weight is 277 g/mol. The molecule has 1 fully saturated rings. The van der Waals surface area contributed by atoms with Gasteiger partial charge in [-0.3, -0.25) is 4.79 Å². The molecule has 4 heteroatoms. The standard InChI is InChI=1S/C14H28N2O.ClH/c1-11(2)10-16(4)14(17)8-12(3)13-6-5-7-15-9-13;/h11-13,15H,5-10H2,1-4H3;1H. The highest BCUT2D eigenvalue weighted by molar-refractivity contribution is 5.85. The fourth-order valence-corrected chi connectivity index (χ4v) is 2.61. The zero-order valence-corrected chi connectivity index (χ0v) is 13.1. The van der Waals surface area contributed by atoms with Gasteiger partial charge in [0.15, 0.2) is 0 Å². The van der Waals surface area contributed by atoms with Crippen molar-refractivity contribution in [3.05, 3.63) is 0 Å². The van der Waals surface area contributed by atoms with Gasteiger partial charge in [0.1, 0.15) is 0 Å². The molecule has 1 N–H and O–H groups in total. The molecule has 0 aromatic carbocycles. The van der Waals surface area contributed by atoms with Gasteiger partial charge in [0.2, 0.25) is 5.91 Å². The Hall–Kier alpha value is -0.280. The highest BCUT2D eigenvalue weighted by Gasteiger charge is 2.23. The molecule has 3 nitrogen and oxygen atoms in total. The molecule has 2 atom stereocenters. The van der Waals surface area contributed by atoms with Crippen LogP contribution in [0.25, 0.3) is 0 Å². The normalized spacial score (nSPS) is 21.3. The van der Waals surface area contributed by atoms with Gasteiger partial charge in [-0.05, 0) is 43.7 Å². The number of amides is 1. The second-order valence-electron chi connectivity index (χ2n) is 5.96. The Balaban J connectivity index is 0.00000289. The minimum atomic E-state index is 0. The second kappa shape index (κ2) is 8.76. The highest BCUT2D eigenvalue weighted by atomic mass is 35.5. The van der Waals surface area contributed by atoms with E-state index in [1.807, 2.05) is 11.9 Å². The van der Waals surface area contributed by atoms with Crippen molar-refractivity contribution in [2.75, 3.05) is 26.7 Å². The molecule has 0 radical (unpaired) electrons. The van der Waals surface area contributed by atoms with Crippen molar-refractivity contribution in [1.29, 1.82) is 0 Å². The molecule has 0 aromatic heterocycles. The van der Waals surface area contributed by atoms with E-state index in [0.29, 0.717) is 30.1 Å². The number of hydrogen-bond acceptors (Lipinski definition) is 2. The number of piperidine rings is 1. The summed E-state index contributed by atoms with van der Waals surface area (Å²) in [6.45, 7) is 9.62. The smallest absolute Gasteiger partial charge is 0.222 e. The zero-order chi connectivity index (χ0) is 12.8. The summed E-state index contributed by atoms with van der Waals surface area (Å²) in [7, 11) is 1.92. The number of hydrogen-bond donors (Lipinski definition) is 1. The van der Waals surface area contributed by atoms with E-state index in [-0.39, 0.29) is 12.4 Å². The van der Waals surface area contributed by atoms with Crippen LogP contribution in [0.3, 0.4) is 0 Å². The Kier molecular flexibility index (Phi) is 8.62. The largest absolute Gasteiger partial charge is 0.345 e. The lowest BCUT2D eigenvalue weighted by Crippen LogP contribution is -2.36. The number of nitrogens with zero attached hydrogens (tertiary/aromatic N) is 1. The fraction of sp³-hybridized carbons (Fsp3) is 0.929. The van der Waals surface area contributed by atoms with Gasteiger partial charge >= 0.3 is 0 Å². The van der Waals surface area contributed by atoms with Gasteiger partial charge in [-0.2, -0.15) is 0 Å². The first-order valence-corrected chi connectivity index (χ1v) is 6.95. The number of rotatable bonds is 5. The zero-order valence-electron chi connectivity index (χ0n) is 12.2. The maximum atomic E-state index is 12.0. The maximum absolute atomic E-state index is 12.0. The number of nitrogens with one attached hydrogen (secondary N) is 1. The summed E-state index contributed by atoms with van der Waals surface area (Å²) in [6, 6.07) is 0. The molecule has 108 valence electrons. The lowest BCUT2D eigenvalue weighted by molar-refractivity contribution is -0.131. The molecule has 0 spiro atoms. The summed E-state index contributed by atoms with van der Waals surface area (Å²) in [5, 5.41) is 3.43. The molecule has 1 saturated heterocycles. The van der Waals surface area contributed by atoms with Gasteiger partial charge in [-0.25, -0.2) is 0 Å². The Labute approximate surface area is 118 Å². The van der Waals surface area contributed by atoms with Gasteiger partial charge in [-0.15, -0.1) is 12.4 Å². The third-order valence-corrected chi connectivity index (χ3v) is 3.70. The average Bonchev–Trinajstić information content (AvgIpc) is 2.29. The van der Waals surface area contributed by atoms with E-state index >= 15 is 0 Å². The molecule has 2 unspecified atom stereocenters. The molecule has 0 aromatic rings. The molecular formula is C14H29ClN2O. The van der Waals surface area contributed by atoms with E-state index in [0.717, 1.165) is 19.6 Å². The first-order chi connectivity index (χ1) is 8.00. The van der Waals surface area contributed by atoms with Crippen LogP contribution in [0, 0.1) is 17.8 Å². The van der Waals surface area contributed by atoms with E-state index in [2.05, 4.69) is 26.1 Å². The van der Waals surface area contributed by atoms with Gasteiger partial charge in [0.25, 0.3) is 0 Å². The highest BCUT2D eigenvalue weighted by Crippen LogP contribution is 2.23. The van der Waals surface area contributed by atoms with E-state index in [9.17, 15) is 4.79 Å². The van der Waals surface area contributed by atoms with Crippen molar-refractivity contribution < 1.29 is 4.79 Å². The van der Waals surface area contributed by atoms with Crippen LogP contribution in [0.1, 0.15) is 40.0 Å².